The predicted molar refractivity (Wildman–Crippen MR) is 33.3 cm³/mol. The first kappa shape index (κ1) is 5.28. The van der Waals surface area contributed by atoms with Gasteiger partial charge in [-0.1, -0.05) is 0 Å². The Morgan fingerprint density at radius 1 is 1.40 bits per heavy atom. The third-order valence-electron chi connectivity index (χ3n) is 1.11. The zero-order valence-corrected chi connectivity index (χ0v) is 5.39. The number of aromatic nitrogens is 5. The van der Waals surface area contributed by atoms with Crippen LogP contribution in [0.4, 0.5) is 0 Å². The van der Waals surface area contributed by atoms with Gasteiger partial charge in [0.15, 0.2) is 5.82 Å². The molecule has 0 bridgehead atoms. The van der Waals surface area contributed by atoms with Crippen molar-refractivity contribution < 1.29 is 0 Å². The Hall–Kier alpha value is -1.52. The summed E-state index contributed by atoms with van der Waals surface area (Å²) in [6.45, 7) is 1.80. The van der Waals surface area contributed by atoms with Gasteiger partial charge in [0.2, 0.25) is 0 Å². The second kappa shape index (κ2) is 1.73. The monoisotopic (exact) mass is 135 g/mol. The largest absolute Gasteiger partial charge is 0.270 e. The third kappa shape index (κ3) is 0.637. The highest BCUT2D eigenvalue weighted by atomic mass is 15.5. The molecule has 0 aliphatic heterocycles. The van der Waals surface area contributed by atoms with E-state index in [-0.39, 0.29) is 0 Å². The van der Waals surface area contributed by atoms with Crippen LogP contribution in [0, 0.1) is 6.92 Å². The van der Waals surface area contributed by atoms with Crippen molar-refractivity contribution in [3.63, 3.8) is 0 Å². The van der Waals surface area contributed by atoms with Gasteiger partial charge in [-0.2, -0.15) is 10.1 Å². The minimum Gasteiger partial charge on any atom is -0.217 e. The minimum atomic E-state index is 0.542. The van der Waals surface area contributed by atoms with Gasteiger partial charge in [-0.25, -0.2) is 4.98 Å². The van der Waals surface area contributed by atoms with Gasteiger partial charge in [0.05, 0.1) is 12.4 Å². The van der Waals surface area contributed by atoms with E-state index < -0.39 is 0 Å². The van der Waals surface area contributed by atoms with Crippen molar-refractivity contribution >= 4 is 5.78 Å². The van der Waals surface area contributed by atoms with Crippen LogP contribution in [0.3, 0.4) is 0 Å². The predicted octanol–water partition coefficient (Wildman–Crippen LogP) is -0.172. The van der Waals surface area contributed by atoms with E-state index in [0.717, 1.165) is 0 Å². The highest BCUT2D eigenvalue weighted by molar-refractivity contribution is 5.21. The lowest BCUT2D eigenvalue weighted by molar-refractivity contribution is 0.772. The zero-order valence-electron chi connectivity index (χ0n) is 5.39. The standard InChI is InChI=1S/C5H5N5/c1-4-8-5-6-2-3-7-10(5)9-4/h2-3H,1H3. The maximum atomic E-state index is 3.99. The molecule has 50 valence electrons. The summed E-state index contributed by atoms with van der Waals surface area (Å²) in [6, 6.07) is 0. The van der Waals surface area contributed by atoms with Crippen LogP contribution in [0.1, 0.15) is 5.82 Å². The molecular weight excluding hydrogens is 130 g/mol. The summed E-state index contributed by atoms with van der Waals surface area (Å²) >= 11 is 0. The molecule has 2 aromatic rings. The van der Waals surface area contributed by atoms with Crippen molar-refractivity contribution in [3.05, 3.63) is 18.2 Å². The van der Waals surface area contributed by atoms with Crippen molar-refractivity contribution in [2.75, 3.05) is 0 Å². The Balaban J connectivity index is 2.88. The van der Waals surface area contributed by atoms with E-state index in [9.17, 15) is 0 Å². The first-order chi connectivity index (χ1) is 4.86. The highest BCUT2D eigenvalue weighted by Gasteiger charge is 1.96. The van der Waals surface area contributed by atoms with Gasteiger partial charge in [-0.3, -0.25) is 0 Å². The van der Waals surface area contributed by atoms with Crippen LogP contribution in [0.15, 0.2) is 12.4 Å². The Morgan fingerprint density at radius 3 is 3.10 bits per heavy atom. The molecule has 0 N–H and O–H groups in total. The van der Waals surface area contributed by atoms with Gasteiger partial charge in [0, 0.05) is 0 Å². The molecule has 0 aliphatic carbocycles. The van der Waals surface area contributed by atoms with E-state index in [1.807, 2.05) is 0 Å². The number of rotatable bonds is 0. The number of aryl methyl sites for hydroxylation is 1. The molecule has 0 aromatic carbocycles. The molecule has 0 saturated carbocycles. The summed E-state index contributed by atoms with van der Waals surface area (Å²) in [5, 5.41) is 7.83. The number of hydrogen-bond donors (Lipinski definition) is 0. The smallest absolute Gasteiger partial charge is 0.217 e. The van der Waals surface area contributed by atoms with Crippen LogP contribution < -0.4 is 0 Å². The molecule has 0 atom stereocenters. The fraction of sp³-hybridized carbons (Fsp3) is 0.200. The van der Waals surface area contributed by atoms with Crippen molar-refractivity contribution in [1.82, 2.24) is 24.8 Å². The molecule has 2 heterocycles. The first-order valence-corrected chi connectivity index (χ1v) is 2.87. The summed E-state index contributed by atoms with van der Waals surface area (Å²) < 4.78 is 1.40. The molecule has 0 amide bonds. The average Bonchev–Trinajstić information content (AvgIpc) is 2.27. The van der Waals surface area contributed by atoms with E-state index in [1.165, 1.54) is 4.63 Å². The van der Waals surface area contributed by atoms with Crippen LogP contribution in [-0.2, 0) is 0 Å². The Bertz CT molecular complexity index is 319. The quantitative estimate of drug-likeness (QED) is 0.503. The fourth-order valence-corrected chi connectivity index (χ4v) is 0.745. The molecular formula is C5H5N5. The van der Waals surface area contributed by atoms with E-state index >= 15 is 0 Å². The molecule has 5 heteroatoms. The molecule has 0 saturated heterocycles. The van der Waals surface area contributed by atoms with E-state index in [1.54, 1.807) is 19.3 Å². The SMILES string of the molecule is Cc1nc2nccnn2n1. The lowest BCUT2D eigenvalue weighted by Gasteiger charge is -1.82. The minimum absolute atomic E-state index is 0.542. The first-order valence-electron chi connectivity index (χ1n) is 2.87. The zero-order chi connectivity index (χ0) is 6.97. The molecule has 5 nitrogen and oxygen atoms in total. The van der Waals surface area contributed by atoms with Crippen molar-refractivity contribution in [1.29, 1.82) is 0 Å². The highest BCUT2D eigenvalue weighted by Crippen LogP contribution is 1.90. The van der Waals surface area contributed by atoms with Crippen LogP contribution in [0.2, 0.25) is 0 Å². The van der Waals surface area contributed by atoms with Gasteiger partial charge >= 0.3 is 0 Å². The molecule has 10 heavy (non-hydrogen) atoms. The van der Waals surface area contributed by atoms with Crippen molar-refractivity contribution in [3.8, 4) is 0 Å². The topological polar surface area (TPSA) is 56.0 Å². The number of nitrogens with zero attached hydrogens (tertiary/aromatic N) is 5. The summed E-state index contributed by atoms with van der Waals surface area (Å²) in [5.41, 5.74) is 0. The van der Waals surface area contributed by atoms with Gasteiger partial charge < -0.3 is 0 Å². The van der Waals surface area contributed by atoms with E-state index in [0.29, 0.717) is 11.6 Å². The van der Waals surface area contributed by atoms with Crippen LogP contribution in [0.25, 0.3) is 5.78 Å². The van der Waals surface area contributed by atoms with Crippen molar-refractivity contribution in [2.24, 2.45) is 0 Å². The molecule has 0 radical (unpaired) electrons. The summed E-state index contributed by atoms with van der Waals surface area (Å²) in [4.78, 5) is 7.92. The van der Waals surface area contributed by atoms with E-state index in [2.05, 4.69) is 20.2 Å². The van der Waals surface area contributed by atoms with Crippen LogP contribution in [0.5, 0.6) is 0 Å². The molecule has 0 spiro atoms. The second-order valence-corrected chi connectivity index (χ2v) is 1.89. The number of fused-ring (bicyclic) bond motifs is 1. The molecule has 0 aliphatic rings. The Kier molecular flexibility index (Phi) is 0.913. The molecule has 0 fully saturated rings. The summed E-state index contributed by atoms with van der Waals surface area (Å²) in [5.74, 6) is 1.23. The molecule has 0 unspecified atom stereocenters. The summed E-state index contributed by atoms with van der Waals surface area (Å²) in [6.07, 6.45) is 3.16. The van der Waals surface area contributed by atoms with Crippen LogP contribution >= 0.6 is 0 Å². The average molecular weight is 135 g/mol. The maximum Gasteiger partial charge on any atom is 0.270 e. The Morgan fingerprint density at radius 2 is 2.30 bits per heavy atom. The lowest BCUT2D eigenvalue weighted by atomic mass is 10.8. The van der Waals surface area contributed by atoms with Gasteiger partial charge in [-0.05, 0) is 6.92 Å². The fourth-order valence-electron chi connectivity index (χ4n) is 0.745. The summed E-state index contributed by atoms with van der Waals surface area (Å²) in [7, 11) is 0. The van der Waals surface area contributed by atoms with E-state index in [4.69, 9.17) is 0 Å². The normalized spacial score (nSPS) is 10.5. The second-order valence-electron chi connectivity index (χ2n) is 1.89. The van der Waals surface area contributed by atoms with Gasteiger partial charge in [0.1, 0.15) is 0 Å². The lowest BCUT2D eigenvalue weighted by Crippen LogP contribution is -1.93. The number of hydrogen-bond acceptors (Lipinski definition) is 4. The third-order valence-corrected chi connectivity index (χ3v) is 1.11. The van der Waals surface area contributed by atoms with Crippen molar-refractivity contribution in [2.45, 2.75) is 6.92 Å². The maximum absolute atomic E-state index is 3.99. The van der Waals surface area contributed by atoms with Crippen LogP contribution in [-0.4, -0.2) is 24.8 Å². The Labute approximate surface area is 56.7 Å². The van der Waals surface area contributed by atoms with Gasteiger partial charge in [0.25, 0.3) is 5.78 Å². The van der Waals surface area contributed by atoms with Gasteiger partial charge in [-0.15, -0.1) is 9.73 Å². The molecule has 2 rings (SSSR count). The molecule has 2 aromatic heterocycles.